The lowest BCUT2D eigenvalue weighted by atomic mass is 9.71. The van der Waals surface area contributed by atoms with E-state index >= 15 is 0 Å². The van der Waals surface area contributed by atoms with Crippen LogP contribution in [0.4, 0.5) is 4.39 Å². The zero-order chi connectivity index (χ0) is 11.2. The molecule has 4 heteroatoms. The summed E-state index contributed by atoms with van der Waals surface area (Å²) >= 11 is 0. The van der Waals surface area contributed by atoms with Gasteiger partial charge >= 0.3 is 0 Å². The minimum absolute atomic E-state index is 0.232. The second kappa shape index (κ2) is 3.43. The average molecular weight is 223 g/mol. The van der Waals surface area contributed by atoms with Crippen molar-refractivity contribution >= 4 is 0 Å². The first-order valence-corrected chi connectivity index (χ1v) is 5.52. The molecule has 0 atom stereocenters. The Morgan fingerprint density at radius 3 is 2.81 bits per heavy atom. The van der Waals surface area contributed by atoms with Crippen molar-refractivity contribution in [1.82, 2.24) is 0 Å². The summed E-state index contributed by atoms with van der Waals surface area (Å²) in [5.41, 5.74) is 7.06. The summed E-state index contributed by atoms with van der Waals surface area (Å²) in [6.45, 7) is 0.622. The quantitative estimate of drug-likeness (QED) is 0.792. The van der Waals surface area contributed by atoms with E-state index in [2.05, 4.69) is 0 Å². The van der Waals surface area contributed by atoms with Gasteiger partial charge in [-0.1, -0.05) is 0 Å². The lowest BCUT2D eigenvalue weighted by Gasteiger charge is -2.40. The Hall–Kier alpha value is -1.13. The Morgan fingerprint density at radius 2 is 2.12 bits per heavy atom. The Labute approximate surface area is 93.3 Å². The number of nitrogens with two attached hydrogens (primary N) is 1. The smallest absolute Gasteiger partial charge is 0.189 e. The maximum Gasteiger partial charge on any atom is 0.189 e. The summed E-state index contributed by atoms with van der Waals surface area (Å²) in [5.74, 6) is 0.467. The molecule has 1 aliphatic carbocycles. The molecule has 3 nitrogen and oxygen atoms in total. The number of benzene rings is 1. The van der Waals surface area contributed by atoms with Gasteiger partial charge in [0.25, 0.3) is 0 Å². The number of hydrogen-bond acceptors (Lipinski definition) is 3. The molecule has 1 fully saturated rings. The predicted octanol–water partition coefficient (Wildman–Crippen LogP) is 2.03. The van der Waals surface area contributed by atoms with E-state index < -0.39 is 5.54 Å². The Balaban J connectivity index is 2.14. The third-order valence-electron chi connectivity index (χ3n) is 3.51. The molecule has 16 heavy (non-hydrogen) atoms. The average Bonchev–Trinajstić information content (AvgIpc) is 2.26. The van der Waals surface area contributed by atoms with Crippen molar-refractivity contribution in [3.63, 3.8) is 0 Å². The minimum atomic E-state index is -0.514. The van der Waals surface area contributed by atoms with Crippen molar-refractivity contribution in [3.8, 4) is 5.75 Å². The molecule has 0 spiro atoms. The molecule has 0 bridgehead atoms. The predicted molar refractivity (Wildman–Crippen MR) is 56.4 cm³/mol. The molecule has 2 N–H and O–H groups in total. The Morgan fingerprint density at radius 1 is 1.31 bits per heavy atom. The lowest BCUT2D eigenvalue weighted by molar-refractivity contribution is -0.0182. The molecule has 0 aromatic heterocycles. The molecule has 0 radical (unpaired) electrons. The van der Waals surface area contributed by atoms with Crippen molar-refractivity contribution in [2.45, 2.75) is 31.4 Å². The van der Waals surface area contributed by atoms with E-state index in [4.69, 9.17) is 15.2 Å². The van der Waals surface area contributed by atoms with Crippen molar-refractivity contribution < 1.29 is 13.9 Å². The van der Waals surface area contributed by atoms with Gasteiger partial charge in [0.05, 0.1) is 6.61 Å². The van der Waals surface area contributed by atoms with Crippen molar-refractivity contribution in [3.05, 3.63) is 29.1 Å². The molecule has 1 aliphatic heterocycles. The fourth-order valence-electron chi connectivity index (χ4n) is 2.47. The molecule has 0 saturated heterocycles. The van der Waals surface area contributed by atoms with Crippen LogP contribution < -0.4 is 10.5 Å². The van der Waals surface area contributed by atoms with Crippen LogP contribution in [0.25, 0.3) is 0 Å². The number of hydrogen-bond donors (Lipinski definition) is 1. The van der Waals surface area contributed by atoms with Gasteiger partial charge in [0, 0.05) is 16.7 Å². The number of ether oxygens (including phenoxy) is 2. The van der Waals surface area contributed by atoms with Crippen LogP contribution in [0, 0.1) is 5.82 Å². The Bertz CT molecular complexity index is 429. The highest BCUT2D eigenvalue weighted by molar-refractivity contribution is 5.46. The van der Waals surface area contributed by atoms with Crippen molar-refractivity contribution in [2.24, 2.45) is 5.73 Å². The van der Waals surface area contributed by atoms with Crippen LogP contribution in [0.5, 0.6) is 5.75 Å². The van der Waals surface area contributed by atoms with Crippen LogP contribution in [0.3, 0.4) is 0 Å². The first-order chi connectivity index (χ1) is 7.71. The normalized spacial score (nSPS) is 21.9. The van der Waals surface area contributed by atoms with Gasteiger partial charge in [-0.3, -0.25) is 0 Å². The van der Waals surface area contributed by atoms with Gasteiger partial charge in [-0.25, -0.2) is 4.39 Å². The molecule has 86 valence electrons. The molecule has 0 amide bonds. The van der Waals surface area contributed by atoms with E-state index in [1.807, 2.05) is 0 Å². The van der Waals surface area contributed by atoms with Crippen LogP contribution in [0.2, 0.25) is 0 Å². The van der Waals surface area contributed by atoms with Crippen molar-refractivity contribution in [2.75, 3.05) is 6.79 Å². The van der Waals surface area contributed by atoms with Gasteiger partial charge in [0.2, 0.25) is 0 Å². The zero-order valence-electron chi connectivity index (χ0n) is 8.96. The SMILES string of the molecule is NC1(c2c(F)ccc3c2COCO3)CCC1. The van der Waals surface area contributed by atoms with Crippen molar-refractivity contribution in [1.29, 1.82) is 0 Å². The summed E-state index contributed by atoms with van der Waals surface area (Å²) in [6.07, 6.45) is 2.72. The van der Waals surface area contributed by atoms with Crippen LogP contribution in [0.15, 0.2) is 12.1 Å². The Kier molecular flexibility index (Phi) is 2.16. The second-order valence-electron chi connectivity index (χ2n) is 4.52. The first-order valence-electron chi connectivity index (χ1n) is 5.52. The van der Waals surface area contributed by atoms with E-state index in [0.717, 1.165) is 24.8 Å². The monoisotopic (exact) mass is 223 g/mol. The maximum absolute atomic E-state index is 13.9. The summed E-state index contributed by atoms with van der Waals surface area (Å²) in [4.78, 5) is 0. The third kappa shape index (κ3) is 1.33. The maximum atomic E-state index is 13.9. The highest BCUT2D eigenvalue weighted by atomic mass is 19.1. The van der Waals surface area contributed by atoms with E-state index in [9.17, 15) is 4.39 Å². The molecule has 1 saturated carbocycles. The van der Waals surface area contributed by atoms with Crippen LogP contribution in [0.1, 0.15) is 30.4 Å². The molecule has 2 aliphatic rings. The largest absolute Gasteiger partial charge is 0.467 e. The number of rotatable bonds is 1. The van der Waals surface area contributed by atoms with E-state index in [0.29, 0.717) is 17.9 Å². The molecule has 0 unspecified atom stereocenters. The van der Waals surface area contributed by atoms with Gasteiger partial charge < -0.3 is 15.2 Å². The van der Waals surface area contributed by atoms with Crippen LogP contribution >= 0.6 is 0 Å². The fourth-order valence-corrected chi connectivity index (χ4v) is 2.47. The molecule has 1 aromatic carbocycles. The van der Waals surface area contributed by atoms with Gasteiger partial charge in [-0.2, -0.15) is 0 Å². The molecular weight excluding hydrogens is 209 g/mol. The van der Waals surface area contributed by atoms with Gasteiger partial charge in [0.15, 0.2) is 6.79 Å². The van der Waals surface area contributed by atoms with E-state index in [1.54, 1.807) is 6.07 Å². The first kappa shape index (κ1) is 10.1. The fraction of sp³-hybridized carbons (Fsp3) is 0.500. The summed E-state index contributed by atoms with van der Waals surface area (Å²) < 4.78 is 24.5. The summed E-state index contributed by atoms with van der Waals surface area (Å²) in [7, 11) is 0. The molecular formula is C12H14FNO2. The van der Waals surface area contributed by atoms with E-state index in [1.165, 1.54) is 6.07 Å². The topological polar surface area (TPSA) is 44.5 Å². The molecule has 1 aromatic rings. The minimum Gasteiger partial charge on any atom is -0.467 e. The summed E-state index contributed by atoms with van der Waals surface area (Å²) in [5, 5.41) is 0. The number of halogens is 1. The van der Waals surface area contributed by atoms with Gasteiger partial charge in [-0.05, 0) is 31.4 Å². The zero-order valence-corrected chi connectivity index (χ0v) is 8.96. The van der Waals surface area contributed by atoms with Gasteiger partial charge in [-0.15, -0.1) is 0 Å². The third-order valence-corrected chi connectivity index (χ3v) is 3.51. The lowest BCUT2D eigenvalue weighted by Crippen LogP contribution is -2.45. The summed E-state index contributed by atoms with van der Waals surface area (Å²) in [6, 6.07) is 3.09. The van der Waals surface area contributed by atoms with Gasteiger partial charge in [0.1, 0.15) is 11.6 Å². The highest BCUT2D eigenvalue weighted by Crippen LogP contribution is 2.44. The standard InChI is InChI=1S/C12H14FNO2/c13-9-2-3-10-8(6-15-7-16-10)11(9)12(14)4-1-5-12/h2-3H,1,4-7,14H2. The molecule has 3 rings (SSSR count). The van der Waals surface area contributed by atoms with Crippen LogP contribution in [-0.4, -0.2) is 6.79 Å². The number of fused-ring (bicyclic) bond motifs is 1. The highest BCUT2D eigenvalue weighted by Gasteiger charge is 2.39. The second-order valence-corrected chi connectivity index (χ2v) is 4.52. The van der Waals surface area contributed by atoms with Crippen LogP contribution in [-0.2, 0) is 16.9 Å². The molecule has 1 heterocycles. The van der Waals surface area contributed by atoms with E-state index in [-0.39, 0.29) is 12.6 Å².